The zero-order chi connectivity index (χ0) is 25.2. The highest BCUT2D eigenvalue weighted by molar-refractivity contribution is 6.06. The lowest BCUT2D eigenvalue weighted by Gasteiger charge is -2.28. The van der Waals surface area contributed by atoms with Crippen LogP contribution in [-0.4, -0.2) is 40.3 Å². The van der Waals surface area contributed by atoms with Gasteiger partial charge in [0.25, 0.3) is 5.91 Å². The van der Waals surface area contributed by atoms with Gasteiger partial charge in [0.1, 0.15) is 11.6 Å². The van der Waals surface area contributed by atoms with Crippen molar-refractivity contribution in [3.8, 4) is 11.3 Å². The van der Waals surface area contributed by atoms with Crippen LogP contribution in [0, 0.1) is 5.82 Å². The van der Waals surface area contributed by atoms with Gasteiger partial charge in [0.2, 0.25) is 5.91 Å². The van der Waals surface area contributed by atoms with Gasteiger partial charge in [-0.1, -0.05) is 37.3 Å². The van der Waals surface area contributed by atoms with Crippen LogP contribution in [0.1, 0.15) is 34.5 Å². The molecule has 5 rings (SSSR count). The van der Waals surface area contributed by atoms with Gasteiger partial charge in [-0.25, -0.2) is 9.37 Å². The number of halogens is 1. The summed E-state index contributed by atoms with van der Waals surface area (Å²) in [7, 11) is 1.81. The molecule has 0 aliphatic carbocycles. The second kappa shape index (κ2) is 9.65. The van der Waals surface area contributed by atoms with Crippen molar-refractivity contribution in [1.82, 2.24) is 14.9 Å². The molecule has 1 atom stereocenters. The molecule has 7 nitrogen and oxygen atoms in total. The number of rotatable bonds is 6. The van der Waals surface area contributed by atoms with Gasteiger partial charge in [0.05, 0.1) is 23.4 Å². The minimum absolute atomic E-state index is 0.0501. The molecule has 1 aliphatic rings. The van der Waals surface area contributed by atoms with E-state index in [1.807, 2.05) is 43.4 Å². The van der Waals surface area contributed by atoms with Crippen molar-refractivity contribution in [3.05, 3.63) is 95.6 Å². The van der Waals surface area contributed by atoms with Gasteiger partial charge < -0.3 is 20.5 Å². The largest absolute Gasteiger partial charge is 0.356 e. The number of nitrogens with zero attached hydrogens (tertiary/aromatic N) is 2. The van der Waals surface area contributed by atoms with Gasteiger partial charge in [-0.3, -0.25) is 9.59 Å². The Morgan fingerprint density at radius 3 is 2.64 bits per heavy atom. The third kappa shape index (κ3) is 4.70. The summed E-state index contributed by atoms with van der Waals surface area (Å²) in [6.45, 7) is 2.71. The molecule has 0 bridgehead atoms. The van der Waals surface area contributed by atoms with Gasteiger partial charge in [0, 0.05) is 42.7 Å². The van der Waals surface area contributed by atoms with Gasteiger partial charge in [0.15, 0.2) is 0 Å². The summed E-state index contributed by atoms with van der Waals surface area (Å²) in [4.78, 5) is 35.3. The Labute approximate surface area is 208 Å². The number of pyridine rings is 1. The lowest BCUT2D eigenvalue weighted by Crippen LogP contribution is -2.36. The number of hydrogen-bond acceptors (Lipinski definition) is 4. The van der Waals surface area contributed by atoms with E-state index in [0.717, 1.165) is 22.6 Å². The molecule has 182 valence electrons. The van der Waals surface area contributed by atoms with Crippen LogP contribution in [0.3, 0.4) is 0 Å². The summed E-state index contributed by atoms with van der Waals surface area (Å²) >= 11 is 0. The summed E-state index contributed by atoms with van der Waals surface area (Å²) in [6, 6.07) is 19.1. The van der Waals surface area contributed by atoms with Gasteiger partial charge in [-0.2, -0.15) is 0 Å². The highest BCUT2D eigenvalue weighted by atomic mass is 19.1. The standard InChI is InChI=1S/C28H26FN5O2/c1-17-16-34(2)28(36)24-25(17)33-26(27(24)31-21-6-4-3-5-7-21)19-12-13-30-22(15-19)32-23(35)14-18-8-10-20(29)11-9-18/h3-13,15,17,31,33H,14,16H2,1-2H3,(H,30,32,35). The van der Waals surface area contributed by atoms with Crippen LogP contribution in [0.5, 0.6) is 0 Å². The number of para-hydroxylation sites is 1. The number of carbonyl (C=O) groups excluding carboxylic acids is 2. The van der Waals surface area contributed by atoms with E-state index in [0.29, 0.717) is 29.2 Å². The number of carbonyl (C=O) groups is 2. The average molecular weight is 484 g/mol. The molecule has 4 aromatic rings. The highest BCUT2D eigenvalue weighted by Gasteiger charge is 2.33. The van der Waals surface area contributed by atoms with E-state index in [4.69, 9.17) is 0 Å². The van der Waals surface area contributed by atoms with Crippen molar-refractivity contribution < 1.29 is 14.0 Å². The molecule has 0 saturated heterocycles. The van der Waals surface area contributed by atoms with Crippen molar-refractivity contribution in [2.75, 3.05) is 24.2 Å². The molecule has 3 heterocycles. The van der Waals surface area contributed by atoms with Gasteiger partial charge in [-0.05, 0) is 42.0 Å². The summed E-state index contributed by atoms with van der Waals surface area (Å²) < 4.78 is 13.2. The maximum atomic E-state index is 13.2. The first-order valence-electron chi connectivity index (χ1n) is 11.7. The maximum absolute atomic E-state index is 13.2. The van der Waals surface area contributed by atoms with Crippen molar-refractivity contribution in [2.24, 2.45) is 0 Å². The number of nitrogens with one attached hydrogen (secondary N) is 3. The Kier molecular flexibility index (Phi) is 6.25. The van der Waals surface area contributed by atoms with E-state index in [9.17, 15) is 14.0 Å². The van der Waals surface area contributed by atoms with Crippen LogP contribution in [0.15, 0.2) is 72.9 Å². The zero-order valence-electron chi connectivity index (χ0n) is 20.0. The first-order chi connectivity index (χ1) is 17.4. The third-order valence-electron chi connectivity index (χ3n) is 6.27. The smallest absolute Gasteiger partial charge is 0.257 e. The number of benzene rings is 2. The van der Waals surface area contributed by atoms with Crippen LogP contribution in [0.4, 0.5) is 21.6 Å². The molecule has 8 heteroatoms. The fourth-order valence-electron chi connectivity index (χ4n) is 4.52. The second-order valence-electron chi connectivity index (χ2n) is 9.02. The third-order valence-corrected chi connectivity index (χ3v) is 6.27. The molecule has 36 heavy (non-hydrogen) atoms. The van der Waals surface area contributed by atoms with Crippen molar-refractivity contribution in [2.45, 2.75) is 19.3 Å². The fraction of sp³-hybridized carbons (Fsp3) is 0.179. The average Bonchev–Trinajstić information content (AvgIpc) is 3.25. The summed E-state index contributed by atoms with van der Waals surface area (Å²) in [5.74, 6) is -0.143. The van der Waals surface area contributed by atoms with E-state index >= 15 is 0 Å². The Bertz CT molecular complexity index is 1420. The summed E-state index contributed by atoms with van der Waals surface area (Å²) in [5, 5.41) is 6.25. The highest BCUT2D eigenvalue weighted by Crippen LogP contribution is 2.41. The lowest BCUT2D eigenvalue weighted by atomic mass is 9.96. The van der Waals surface area contributed by atoms with Crippen molar-refractivity contribution in [1.29, 1.82) is 0 Å². The Hall–Kier alpha value is -4.46. The van der Waals surface area contributed by atoms with Crippen LogP contribution in [-0.2, 0) is 11.2 Å². The van der Waals surface area contributed by atoms with E-state index < -0.39 is 0 Å². The predicted octanol–water partition coefficient (Wildman–Crippen LogP) is 5.33. The minimum Gasteiger partial charge on any atom is -0.356 e. The topological polar surface area (TPSA) is 90.1 Å². The lowest BCUT2D eigenvalue weighted by molar-refractivity contribution is -0.115. The van der Waals surface area contributed by atoms with Crippen molar-refractivity contribution in [3.63, 3.8) is 0 Å². The van der Waals surface area contributed by atoms with E-state index in [-0.39, 0.29) is 30.0 Å². The first kappa shape index (κ1) is 23.3. The van der Waals surface area contributed by atoms with Crippen molar-refractivity contribution >= 4 is 29.0 Å². The second-order valence-corrected chi connectivity index (χ2v) is 9.02. The molecule has 3 N–H and O–H groups in total. The SMILES string of the molecule is CC1CN(C)C(=O)c2c1[nH]c(-c1ccnc(NC(=O)Cc3ccc(F)cc3)c1)c2Nc1ccccc1. The van der Waals surface area contributed by atoms with Crippen LogP contribution in [0.2, 0.25) is 0 Å². The molecular weight excluding hydrogens is 457 g/mol. The molecule has 0 radical (unpaired) electrons. The number of H-pyrrole nitrogens is 1. The Balaban J connectivity index is 1.49. The number of fused-ring (bicyclic) bond motifs is 1. The van der Waals surface area contributed by atoms with Crippen LogP contribution < -0.4 is 10.6 Å². The number of hydrogen-bond donors (Lipinski definition) is 3. The normalized spacial score (nSPS) is 14.9. The molecule has 0 spiro atoms. The summed E-state index contributed by atoms with van der Waals surface area (Å²) in [5.41, 5.74) is 5.27. The maximum Gasteiger partial charge on any atom is 0.257 e. The number of anilines is 3. The summed E-state index contributed by atoms with van der Waals surface area (Å²) in [6.07, 6.45) is 1.72. The number of aromatic nitrogens is 2. The van der Waals surface area contributed by atoms with Crippen LogP contribution >= 0.6 is 0 Å². The minimum atomic E-state index is -0.346. The molecule has 1 aliphatic heterocycles. The Morgan fingerprint density at radius 2 is 1.89 bits per heavy atom. The first-order valence-corrected chi connectivity index (χ1v) is 11.7. The molecular formula is C28H26FN5O2. The predicted molar refractivity (Wildman–Crippen MR) is 138 cm³/mol. The van der Waals surface area contributed by atoms with Crippen LogP contribution in [0.25, 0.3) is 11.3 Å². The number of aromatic amines is 1. The molecule has 2 amide bonds. The number of amides is 2. The van der Waals surface area contributed by atoms with Gasteiger partial charge in [-0.15, -0.1) is 0 Å². The molecule has 2 aromatic heterocycles. The monoisotopic (exact) mass is 483 g/mol. The molecule has 0 fully saturated rings. The van der Waals surface area contributed by atoms with E-state index in [2.05, 4.69) is 27.5 Å². The Morgan fingerprint density at radius 1 is 1.14 bits per heavy atom. The quantitative estimate of drug-likeness (QED) is 0.346. The molecule has 0 saturated carbocycles. The van der Waals surface area contributed by atoms with E-state index in [1.165, 1.54) is 12.1 Å². The fourth-order valence-corrected chi connectivity index (χ4v) is 4.52. The number of likely N-dealkylation sites (N-methyl/N-ethyl adjacent to an activating group) is 1. The van der Waals surface area contributed by atoms with E-state index in [1.54, 1.807) is 29.3 Å². The molecule has 1 unspecified atom stereocenters. The molecule has 2 aromatic carbocycles. The van der Waals surface area contributed by atoms with Gasteiger partial charge >= 0.3 is 0 Å². The zero-order valence-corrected chi connectivity index (χ0v) is 20.0.